The highest BCUT2D eigenvalue weighted by atomic mass is 16.2. The number of amides is 1. The van der Waals surface area contributed by atoms with E-state index in [1.807, 2.05) is 23.1 Å². The minimum atomic E-state index is -0.288. The van der Waals surface area contributed by atoms with Crippen LogP contribution in [0.15, 0.2) is 35.1 Å². The summed E-state index contributed by atoms with van der Waals surface area (Å²) in [6, 6.07) is 10.1. The Morgan fingerprint density at radius 3 is 2.68 bits per heavy atom. The van der Waals surface area contributed by atoms with Gasteiger partial charge in [0.05, 0.1) is 0 Å². The zero-order chi connectivity index (χ0) is 17.2. The molecule has 0 spiro atoms. The first kappa shape index (κ1) is 15.9. The monoisotopic (exact) mass is 341 g/mol. The first-order valence-electron chi connectivity index (χ1n) is 8.97. The predicted octanol–water partition coefficient (Wildman–Crippen LogP) is 1.47. The third-order valence-electron chi connectivity index (χ3n) is 5.26. The van der Waals surface area contributed by atoms with E-state index >= 15 is 0 Å². The van der Waals surface area contributed by atoms with Gasteiger partial charge in [0.1, 0.15) is 11.9 Å². The second-order valence-electron chi connectivity index (χ2n) is 6.87. The maximum absolute atomic E-state index is 13.2. The summed E-state index contributed by atoms with van der Waals surface area (Å²) in [6.45, 7) is 2.33. The molecule has 2 atom stereocenters. The number of benzene rings is 1. The van der Waals surface area contributed by atoms with Crippen molar-refractivity contribution in [2.75, 3.05) is 24.5 Å². The Hall–Kier alpha value is -2.57. The van der Waals surface area contributed by atoms with Gasteiger partial charge in [-0.1, -0.05) is 18.2 Å². The molecule has 2 saturated heterocycles. The quantitative estimate of drug-likeness (QED) is 0.885. The van der Waals surface area contributed by atoms with Crippen LogP contribution >= 0.6 is 0 Å². The van der Waals surface area contributed by atoms with Gasteiger partial charge in [-0.05, 0) is 37.8 Å². The molecule has 1 aromatic carbocycles. The number of nitrogens with one attached hydrogen (secondary N) is 2. The molecule has 0 aliphatic carbocycles. The number of carbonyl (C=O) groups is 1. The summed E-state index contributed by atoms with van der Waals surface area (Å²) in [5.41, 5.74) is 0.827. The molecule has 132 valence electrons. The zero-order valence-electron chi connectivity index (χ0n) is 14.1. The minimum Gasteiger partial charge on any atom is -0.360 e. The van der Waals surface area contributed by atoms with Crippen molar-refractivity contribution in [3.8, 4) is 0 Å². The number of aromatic amines is 2. The second-order valence-corrected chi connectivity index (χ2v) is 6.87. The Morgan fingerprint density at radius 1 is 1.12 bits per heavy atom. The average molecular weight is 341 g/mol. The summed E-state index contributed by atoms with van der Waals surface area (Å²) in [7, 11) is 0. The smallest absolute Gasteiger partial charge is 0.340 e. The third-order valence-corrected chi connectivity index (χ3v) is 5.26. The molecular formula is C18H23N5O2. The Bertz CT molecular complexity index is 784. The van der Waals surface area contributed by atoms with Crippen LogP contribution in [0.4, 0.5) is 5.69 Å². The van der Waals surface area contributed by atoms with Crippen molar-refractivity contribution in [3.05, 3.63) is 46.6 Å². The van der Waals surface area contributed by atoms with Crippen LogP contribution in [0, 0.1) is 0 Å². The number of H-pyrrole nitrogens is 2. The summed E-state index contributed by atoms with van der Waals surface area (Å²) in [6.07, 6.45) is 3.81. The fourth-order valence-electron chi connectivity index (χ4n) is 4.04. The molecule has 2 aliphatic heterocycles. The third kappa shape index (κ3) is 3.18. The van der Waals surface area contributed by atoms with Gasteiger partial charge in [-0.15, -0.1) is 0 Å². The van der Waals surface area contributed by atoms with Crippen molar-refractivity contribution >= 4 is 11.6 Å². The Kier molecular flexibility index (Phi) is 4.29. The molecule has 25 heavy (non-hydrogen) atoms. The standard InChI is InChI=1S/C18H23N5O2/c24-17(15-9-5-11-23(15)14-7-2-1-3-8-14)22-10-4-6-13(12-22)16-19-18(25)21-20-16/h1-3,7-8,13,15H,4-6,9-12H2,(H2,19,20,21,25). The van der Waals surface area contributed by atoms with Gasteiger partial charge in [0.15, 0.2) is 0 Å². The highest BCUT2D eigenvalue weighted by Gasteiger charge is 2.36. The molecule has 1 amide bonds. The van der Waals surface area contributed by atoms with Crippen LogP contribution < -0.4 is 10.6 Å². The lowest BCUT2D eigenvalue weighted by atomic mass is 9.96. The van der Waals surface area contributed by atoms with E-state index < -0.39 is 0 Å². The minimum absolute atomic E-state index is 0.0839. The van der Waals surface area contributed by atoms with E-state index in [9.17, 15) is 9.59 Å². The SMILES string of the molecule is O=C(C1CCCN1c1ccccc1)N1CCCC(c2n[nH]c(=O)[nH]2)C1. The van der Waals surface area contributed by atoms with Gasteiger partial charge in [0.25, 0.3) is 0 Å². The number of carbonyl (C=O) groups excluding carboxylic acids is 1. The van der Waals surface area contributed by atoms with Gasteiger partial charge in [0, 0.05) is 31.2 Å². The highest BCUT2D eigenvalue weighted by Crippen LogP contribution is 2.29. The average Bonchev–Trinajstić information content (AvgIpc) is 3.31. The number of piperidine rings is 1. The lowest BCUT2D eigenvalue weighted by Crippen LogP contribution is -2.49. The van der Waals surface area contributed by atoms with E-state index in [2.05, 4.69) is 32.2 Å². The van der Waals surface area contributed by atoms with Crippen molar-refractivity contribution in [2.45, 2.75) is 37.6 Å². The number of rotatable bonds is 3. The largest absolute Gasteiger partial charge is 0.360 e. The fourth-order valence-corrected chi connectivity index (χ4v) is 4.04. The predicted molar refractivity (Wildman–Crippen MR) is 94.6 cm³/mol. The topological polar surface area (TPSA) is 85.1 Å². The van der Waals surface area contributed by atoms with Gasteiger partial charge >= 0.3 is 5.69 Å². The molecule has 7 heteroatoms. The van der Waals surface area contributed by atoms with Crippen LogP contribution in [0.25, 0.3) is 0 Å². The highest BCUT2D eigenvalue weighted by molar-refractivity contribution is 5.86. The molecule has 2 aromatic rings. The molecule has 2 unspecified atom stereocenters. The molecule has 1 aromatic heterocycles. The molecule has 0 bridgehead atoms. The van der Waals surface area contributed by atoms with Crippen LogP contribution in [0.2, 0.25) is 0 Å². The molecular weight excluding hydrogens is 318 g/mol. The normalized spacial score (nSPS) is 23.8. The number of aromatic nitrogens is 3. The van der Waals surface area contributed by atoms with Crippen molar-refractivity contribution in [2.24, 2.45) is 0 Å². The van der Waals surface area contributed by atoms with Crippen LogP contribution in [0.1, 0.15) is 37.4 Å². The van der Waals surface area contributed by atoms with Crippen molar-refractivity contribution < 1.29 is 4.79 Å². The zero-order valence-corrected chi connectivity index (χ0v) is 14.1. The van der Waals surface area contributed by atoms with E-state index in [0.29, 0.717) is 12.4 Å². The van der Waals surface area contributed by atoms with Crippen LogP contribution in [0.3, 0.4) is 0 Å². The number of para-hydroxylation sites is 1. The lowest BCUT2D eigenvalue weighted by Gasteiger charge is -2.36. The maximum Gasteiger partial charge on any atom is 0.340 e. The number of likely N-dealkylation sites (tertiary alicyclic amines) is 1. The van der Waals surface area contributed by atoms with E-state index in [0.717, 1.165) is 44.5 Å². The molecule has 4 rings (SSSR count). The maximum atomic E-state index is 13.2. The van der Waals surface area contributed by atoms with E-state index in [1.54, 1.807) is 0 Å². The number of hydrogen-bond acceptors (Lipinski definition) is 4. The Labute approximate surface area is 146 Å². The summed E-state index contributed by atoms with van der Waals surface area (Å²) in [5.74, 6) is 0.959. The van der Waals surface area contributed by atoms with Crippen LogP contribution in [-0.2, 0) is 4.79 Å². The Morgan fingerprint density at radius 2 is 1.92 bits per heavy atom. The molecule has 2 fully saturated rings. The van der Waals surface area contributed by atoms with Gasteiger partial charge in [-0.2, -0.15) is 5.10 Å². The van der Waals surface area contributed by atoms with Crippen LogP contribution in [0.5, 0.6) is 0 Å². The first-order chi connectivity index (χ1) is 12.2. The molecule has 2 aliphatic rings. The molecule has 2 N–H and O–H groups in total. The van der Waals surface area contributed by atoms with Crippen LogP contribution in [-0.4, -0.2) is 51.7 Å². The summed E-state index contributed by atoms with van der Waals surface area (Å²) in [5, 5.41) is 6.47. The Balaban J connectivity index is 1.49. The first-order valence-corrected chi connectivity index (χ1v) is 8.97. The van der Waals surface area contributed by atoms with Gasteiger partial charge in [-0.3, -0.25) is 9.78 Å². The lowest BCUT2D eigenvalue weighted by molar-refractivity contribution is -0.133. The number of anilines is 1. The number of hydrogen-bond donors (Lipinski definition) is 2. The van der Waals surface area contributed by atoms with E-state index in [1.165, 1.54) is 0 Å². The molecule has 0 saturated carbocycles. The summed E-state index contributed by atoms with van der Waals surface area (Å²) in [4.78, 5) is 31.4. The summed E-state index contributed by atoms with van der Waals surface area (Å²) < 4.78 is 0. The molecule has 7 nitrogen and oxygen atoms in total. The van der Waals surface area contributed by atoms with Crippen molar-refractivity contribution in [1.29, 1.82) is 0 Å². The van der Waals surface area contributed by atoms with Crippen molar-refractivity contribution in [1.82, 2.24) is 20.1 Å². The van der Waals surface area contributed by atoms with E-state index in [4.69, 9.17) is 0 Å². The second kappa shape index (κ2) is 6.74. The molecule has 3 heterocycles. The number of nitrogens with zero attached hydrogens (tertiary/aromatic N) is 3. The summed E-state index contributed by atoms with van der Waals surface area (Å²) >= 11 is 0. The van der Waals surface area contributed by atoms with Gasteiger partial charge < -0.3 is 9.80 Å². The van der Waals surface area contributed by atoms with Crippen molar-refractivity contribution in [3.63, 3.8) is 0 Å². The molecule has 0 radical (unpaired) electrons. The fraction of sp³-hybridized carbons (Fsp3) is 0.500. The van der Waals surface area contributed by atoms with Gasteiger partial charge in [0.2, 0.25) is 5.91 Å². The van der Waals surface area contributed by atoms with Gasteiger partial charge in [-0.25, -0.2) is 9.89 Å². The van der Waals surface area contributed by atoms with E-state index in [-0.39, 0.29) is 23.6 Å².